The van der Waals surface area contributed by atoms with E-state index in [1.54, 1.807) is 38.1 Å². The normalized spacial score (nSPS) is 18.5. The summed E-state index contributed by atoms with van der Waals surface area (Å²) < 4.78 is 33.3. The second-order valence-electron chi connectivity index (χ2n) is 7.43. The molecular weight excluding hydrogens is 412 g/mol. The second-order valence-corrected chi connectivity index (χ2v) is 9.66. The summed E-state index contributed by atoms with van der Waals surface area (Å²) in [6, 6.07) is 5.09. The molecule has 0 aliphatic carbocycles. The highest BCUT2D eigenvalue weighted by atomic mass is 32.2. The van der Waals surface area contributed by atoms with E-state index in [-0.39, 0.29) is 17.4 Å². The lowest BCUT2D eigenvalue weighted by atomic mass is 10.0. The fourth-order valence-electron chi connectivity index (χ4n) is 3.00. The number of amides is 2. The molecule has 0 radical (unpaired) electrons. The highest BCUT2D eigenvalue weighted by Crippen LogP contribution is 2.14. The second kappa shape index (κ2) is 10.4. The van der Waals surface area contributed by atoms with Crippen LogP contribution in [-0.4, -0.2) is 63.0 Å². The molecule has 9 nitrogen and oxygen atoms in total. The van der Waals surface area contributed by atoms with Crippen molar-refractivity contribution in [2.24, 2.45) is 5.92 Å². The molecule has 1 saturated heterocycles. The maximum atomic E-state index is 12.5. The molecule has 166 valence electrons. The smallest absolute Gasteiger partial charge is 0.329 e. The molecule has 0 saturated carbocycles. The summed E-state index contributed by atoms with van der Waals surface area (Å²) in [5.41, 5.74) is 0.358. The maximum Gasteiger partial charge on any atom is 0.329 e. The lowest BCUT2D eigenvalue weighted by Gasteiger charge is -2.21. The average molecular weight is 441 g/mol. The number of benzene rings is 1. The zero-order valence-corrected chi connectivity index (χ0v) is 18.2. The Morgan fingerprint density at radius 1 is 1.17 bits per heavy atom. The van der Waals surface area contributed by atoms with Gasteiger partial charge in [-0.15, -0.1) is 0 Å². The largest absolute Gasteiger partial charge is 0.494 e. The minimum absolute atomic E-state index is 0.0325. The van der Waals surface area contributed by atoms with Crippen LogP contribution in [0.5, 0.6) is 5.75 Å². The number of esters is 1. The molecule has 0 aromatic heterocycles. The van der Waals surface area contributed by atoms with Gasteiger partial charge in [0.15, 0.2) is 16.4 Å². The summed E-state index contributed by atoms with van der Waals surface area (Å²) >= 11 is 0. The first-order chi connectivity index (χ1) is 14.1. The molecule has 0 spiro atoms. The van der Waals surface area contributed by atoms with Crippen LogP contribution in [0.1, 0.15) is 37.6 Å². The fraction of sp³-hybridized carbons (Fsp3) is 0.550. The Labute approximate surface area is 176 Å². The van der Waals surface area contributed by atoms with Gasteiger partial charge in [0.25, 0.3) is 11.8 Å². The van der Waals surface area contributed by atoms with Gasteiger partial charge in [0.2, 0.25) is 0 Å². The monoisotopic (exact) mass is 440 g/mol. The number of carbonyl (C=O) groups is 3. The van der Waals surface area contributed by atoms with Gasteiger partial charge < -0.3 is 20.1 Å². The first-order valence-electron chi connectivity index (χ1n) is 9.81. The first kappa shape index (κ1) is 23.7. The molecule has 2 rings (SSSR count). The molecule has 1 aliphatic rings. The Kier molecular flexibility index (Phi) is 8.22. The van der Waals surface area contributed by atoms with E-state index in [2.05, 4.69) is 10.6 Å². The molecule has 1 aromatic carbocycles. The molecule has 1 unspecified atom stereocenters. The van der Waals surface area contributed by atoms with Crippen LogP contribution in [0.25, 0.3) is 0 Å². The zero-order chi connectivity index (χ0) is 22.3. The molecule has 2 atom stereocenters. The van der Waals surface area contributed by atoms with Gasteiger partial charge in [0.05, 0.1) is 18.1 Å². The lowest BCUT2D eigenvalue weighted by molar-refractivity contribution is -0.151. The molecule has 10 heteroatoms. The minimum Gasteiger partial charge on any atom is -0.494 e. The van der Waals surface area contributed by atoms with Gasteiger partial charge in [-0.25, -0.2) is 13.2 Å². The van der Waals surface area contributed by atoms with Gasteiger partial charge in [0, 0.05) is 11.6 Å². The van der Waals surface area contributed by atoms with Crippen molar-refractivity contribution in [3.05, 3.63) is 29.8 Å². The highest BCUT2D eigenvalue weighted by Gasteiger charge is 2.30. The van der Waals surface area contributed by atoms with Crippen molar-refractivity contribution in [2.75, 3.05) is 24.7 Å². The molecule has 1 fully saturated rings. The van der Waals surface area contributed by atoms with Crippen LogP contribution in [0.3, 0.4) is 0 Å². The Bertz CT molecular complexity index is 866. The van der Waals surface area contributed by atoms with E-state index in [0.717, 1.165) is 0 Å². The summed E-state index contributed by atoms with van der Waals surface area (Å²) in [5.74, 6) is -1.48. The van der Waals surface area contributed by atoms with Crippen molar-refractivity contribution in [2.45, 2.75) is 39.3 Å². The third kappa shape index (κ3) is 7.01. The highest BCUT2D eigenvalue weighted by molar-refractivity contribution is 7.91. The van der Waals surface area contributed by atoms with Crippen LogP contribution >= 0.6 is 0 Å². The molecule has 1 aliphatic heterocycles. The quantitative estimate of drug-likeness (QED) is 0.541. The molecule has 1 heterocycles. The third-order valence-electron chi connectivity index (χ3n) is 4.58. The van der Waals surface area contributed by atoms with Gasteiger partial charge >= 0.3 is 5.97 Å². The number of nitrogens with one attached hydrogen (secondary N) is 2. The summed E-state index contributed by atoms with van der Waals surface area (Å²) in [5, 5.41) is 5.17. The van der Waals surface area contributed by atoms with Crippen LogP contribution in [0, 0.1) is 5.92 Å². The topological polar surface area (TPSA) is 128 Å². The van der Waals surface area contributed by atoms with Crippen LogP contribution in [0.4, 0.5) is 0 Å². The van der Waals surface area contributed by atoms with Gasteiger partial charge in [-0.1, -0.05) is 13.8 Å². The van der Waals surface area contributed by atoms with E-state index in [9.17, 15) is 22.8 Å². The number of sulfone groups is 1. The van der Waals surface area contributed by atoms with Gasteiger partial charge in [-0.3, -0.25) is 9.59 Å². The van der Waals surface area contributed by atoms with Gasteiger partial charge in [-0.05, 0) is 43.5 Å². The lowest BCUT2D eigenvalue weighted by Crippen LogP contribution is -2.46. The third-order valence-corrected chi connectivity index (χ3v) is 6.35. The number of rotatable bonds is 9. The maximum absolute atomic E-state index is 12.5. The standard InChI is InChI=1S/C20H28N2O7S/c1-4-28-16-7-5-14(6-8-16)19(24)22-18(13(2)3)20(25)29-11-17(23)21-15-9-10-30(26,27)12-15/h5-8,13,15,18H,4,9-12H2,1-3H3,(H,21,23)(H,22,24)/t15?,18-/m0/s1. The molecule has 1 aromatic rings. The van der Waals surface area contributed by atoms with E-state index in [1.165, 1.54) is 0 Å². The SMILES string of the molecule is CCOc1ccc(C(=O)N[C@H](C(=O)OCC(=O)NC2CCS(=O)(=O)C2)C(C)C)cc1. The van der Waals surface area contributed by atoms with E-state index in [1.807, 2.05) is 6.92 Å². The van der Waals surface area contributed by atoms with E-state index < -0.39 is 46.3 Å². The first-order valence-corrected chi connectivity index (χ1v) is 11.6. The predicted octanol–water partition coefficient (Wildman–Crippen LogP) is 0.686. The molecule has 0 bridgehead atoms. The summed E-state index contributed by atoms with van der Waals surface area (Å²) in [7, 11) is -3.12. The van der Waals surface area contributed by atoms with Crippen molar-refractivity contribution >= 4 is 27.6 Å². The van der Waals surface area contributed by atoms with Crippen molar-refractivity contribution in [1.29, 1.82) is 0 Å². The Morgan fingerprint density at radius 2 is 1.83 bits per heavy atom. The Balaban J connectivity index is 1.87. The van der Waals surface area contributed by atoms with E-state index >= 15 is 0 Å². The van der Waals surface area contributed by atoms with Crippen molar-refractivity contribution in [3.63, 3.8) is 0 Å². The van der Waals surface area contributed by atoms with Crippen LogP contribution < -0.4 is 15.4 Å². The molecule has 30 heavy (non-hydrogen) atoms. The van der Waals surface area contributed by atoms with Crippen molar-refractivity contribution in [1.82, 2.24) is 10.6 Å². The van der Waals surface area contributed by atoms with E-state index in [4.69, 9.17) is 9.47 Å². The van der Waals surface area contributed by atoms with Crippen LogP contribution in [-0.2, 0) is 24.2 Å². The van der Waals surface area contributed by atoms with Gasteiger partial charge in [0.1, 0.15) is 11.8 Å². The summed E-state index contributed by atoms with van der Waals surface area (Å²) in [6.45, 7) is 5.31. The summed E-state index contributed by atoms with van der Waals surface area (Å²) in [4.78, 5) is 36.8. The Morgan fingerprint density at radius 3 is 2.37 bits per heavy atom. The Hall–Kier alpha value is -2.62. The van der Waals surface area contributed by atoms with Gasteiger partial charge in [-0.2, -0.15) is 0 Å². The fourth-order valence-corrected chi connectivity index (χ4v) is 4.67. The zero-order valence-electron chi connectivity index (χ0n) is 17.3. The van der Waals surface area contributed by atoms with Crippen molar-refractivity contribution in [3.8, 4) is 5.75 Å². The molecule has 2 N–H and O–H groups in total. The molecule has 2 amide bonds. The number of hydrogen-bond donors (Lipinski definition) is 2. The van der Waals surface area contributed by atoms with Crippen LogP contribution in [0.2, 0.25) is 0 Å². The molecular formula is C20H28N2O7S. The number of hydrogen-bond acceptors (Lipinski definition) is 7. The van der Waals surface area contributed by atoms with E-state index in [0.29, 0.717) is 24.3 Å². The number of ether oxygens (including phenoxy) is 2. The average Bonchev–Trinajstić information content (AvgIpc) is 3.02. The minimum atomic E-state index is -3.12. The number of carbonyl (C=O) groups excluding carboxylic acids is 3. The predicted molar refractivity (Wildman–Crippen MR) is 110 cm³/mol. The van der Waals surface area contributed by atoms with Crippen LogP contribution in [0.15, 0.2) is 24.3 Å². The van der Waals surface area contributed by atoms with Crippen molar-refractivity contribution < 1.29 is 32.3 Å². The summed E-state index contributed by atoms with van der Waals surface area (Å²) in [6.07, 6.45) is 0.342.